The van der Waals surface area contributed by atoms with Gasteiger partial charge in [0.25, 0.3) is 0 Å². The maximum absolute atomic E-state index is 2.46. The normalized spacial score (nSPS) is 12.4. The van der Waals surface area contributed by atoms with Crippen LogP contribution in [0.25, 0.3) is 0 Å². The summed E-state index contributed by atoms with van der Waals surface area (Å²) in [4.78, 5) is 2.46. The second-order valence-corrected chi connectivity index (χ2v) is 4.02. The molecule has 0 aliphatic heterocycles. The Labute approximate surface area is 67.0 Å². The number of hydrogen-bond acceptors (Lipinski definition) is 1. The van der Waals surface area contributed by atoms with Gasteiger partial charge in [-0.05, 0) is 18.3 Å². The van der Waals surface area contributed by atoms with Crippen LogP contribution in [-0.2, 0) is 0 Å². The zero-order valence-electron chi connectivity index (χ0n) is 8.07. The van der Waals surface area contributed by atoms with Crippen LogP contribution in [0.5, 0.6) is 0 Å². The summed E-state index contributed by atoms with van der Waals surface area (Å²) in [7, 11) is 4.43. The van der Waals surface area contributed by atoms with Gasteiger partial charge < -0.3 is 4.90 Å². The van der Waals surface area contributed by atoms with Gasteiger partial charge in [-0.2, -0.15) is 0 Å². The maximum Gasteiger partial charge on any atom is 0.119 e. The molecule has 0 spiro atoms. The zero-order chi connectivity index (χ0) is 8.20. The first-order chi connectivity index (χ1) is 4.49. The lowest BCUT2D eigenvalue weighted by Gasteiger charge is -2.27. The Morgan fingerprint density at radius 2 is 1.50 bits per heavy atom. The Morgan fingerprint density at radius 3 is 1.60 bits per heavy atom. The van der Waals surface area contributed by atoms with E-state index in [2.05, 4.69) is 41.4 Å². The fourth-order valence-electron chi connectivity index (χ4n) is 1.12. The molecule has 0 aromatic rings. The molecule has 0 radical (unpaired) electrons. The largest absolute Gasteiger partial charge is 0.319 e. The molecule has 0 rings (SSSR count). The Bertz CT molecular complexity index is 84.1. The standard InChI is InChI=1S/C7H19B2N/c1-7(2,3)4-10(5-8)6-9/h4-6,8-9H2,1-3H3. The highest BCUT2D eigenvalue weighted by molar-refractivity contribution is 6.11. The minimum Gasteiger partial charge on any atom is -0.319 e. The van der Waals surface area contributed by atoms with Crippen molar-refractivity contribution >= 4 is 15.7 Å². The van der Waals surface area contributed by atoms with Crippen molar-refractivity contribution in [3.63, 3.8) is 0 Å². The molecule has 0 heterocycles. The van der Waals surface area contributed by atoms with Gasteiger partial charge >= 0.3 is 0 Å². The predicted octanol–water partition coefficient (Wildman–Crippen LogP) is -0.484. The van der Waals surface area contributed by atoms with Crippen molar-refractivity contribution in [2.45, 2.75) is 20.8 Å². The Kier molecular flexibility index (Phi) is 4.11. The molecule has 0 saturated carbocycles. The van der Waals surface area contributed by atoms with Crippen LogP contribution in [-0.4, -0.2) is 40.0 Å². The van der Waals surface area contributed by atoms with Gasteiger partial charge in [0.05, 0.1) is 0 Å². The van der Waals surface area contributed by atoms with Crippen LogP contribution in [0.1, 0.15) is 20.8 Å². The summed E-state index contributed by atoms with van der Waals surface area (Å²) in [6, 6.07) is 0. The molecule has 58 valence electrons. The Balaban J connectivity index is 3.63. The van der Waals surface area contributed by atoms with Crippen LogP contribution in [0.4, 0.5) is 0 Å². The minimum absolute atomic E-state index is 0.450. The fraction of sp³-hybridized carbons (Fsp3) is 1.00. The second kappa shape index (κ2) is 4.07. The summed E-state index contributed by atoms with van der Waals surface area (Å²) in [5, 5.41) is 0. The molecule has 3 heteroatoms. The van der Waals surface area contributed by atoms with Crippen molar-refractivity contribution in [3.8, 4) is 0 Å². The van der Waals surface area contributed by atoms with Crippen molar-refractivity contribution in [1.82, 2.24) is 4.90 Å². The van der Waals surface area contributed by atoms with Gasteiger partial charge in [-0.3, -0.25) is 0 Å². The molecule has 0 saturated heterocycles. The van der Waals surface area contributed by atoms with Crippen molar-refractivity contribution < 1.29 is 0 Å². The molecule has 10 heavy (non-hydrogen) atoms. The van der Waals surface area contributed by atoms with Gasteiger partial charge in [0.1, 0.15) is 15.7 Å². The lowest BCUT2D eigenvalue weighted by molar-refractivity contribution is 0.243. The van der Waals surface area contributed by atoms with Gasteiger partial charge in [0.2, 0.25) is 0 Å². The third kappa shape index (κ3) is 4.92. The summed E-state index contributed by atoms with van der Waals surface area (Å²) in [6.45, 7) is 8.06. The van der Waals surface area contributed by atoms with E-state index in [1.165, 1.54) is 19.4 Å². The lowest BCUT2D eigenvalue weighted by atomic mass is 9.93. The Morgan fingerprint density at radius 1 is 1.10 bits per heavy atom. The molecule has 0 bridgehead atoms. The van der Waals surface area contributed by atoms with E-state index in [0.29, 0.717) is 5.41 Å². The van der Waals surface area contributed by atoms with Crippen molar-refractivity contribution in [3.05, 3.63) is 0 Å². The molecule has 0 amide bonds. The summed E-state index contributed by atoms with van der Waals surface area (Å²) >= 11 is 0. The summed E-state index contributed by atoms with van der Waals surface area (Å²) in [6.07, 6.45) is 2.35. The van der Waals surface area contributed by atoms with Crippen LogP contribution in [0, 0.1) is 5.41 Å². The molecule has 0 aromatic carbocycles. The highest BCUT2D eigenvalue weighted by Crippen LogP contribution is 2.13. The first kappa shape index (κ1) is 10.1. The topological polar surface area (TPSA) is 3.24 Å². The second-order valence-electron chi connectivity index (χ2n) is 4.02. The van der Waals surface area contributed by atoms with Crippen molar-refractivity contribution in [1.29, 1.82) is 0 Å². The first-order valence-corrected chi connectivity index (χ1v) is 4.22. The van der Waals surface area contributed by atoms with Crippen LogP contribution < -0.4 is 0 Å². The zero-order valence-corrected chi connectivity index (χ0v) is 8.07. The molecule has 1 nitrogen and oxygen atoms in total. The molecule has 0 aliphatic rings. The van der Waals surface area contributed by atoms with Crippen LogP contribution in [0.3, 0.4) is 0 Å². The van der Waals surface area contributed by atoms with Crippen LogP contribution in [0.15, 0.2) is 0 Å². The summed E-state index contributed by atoms with van der Waals surface area (Å²) < 4.78 is 0. The smallest absolute Gasteiger partial charge is 0.119 e. The van der Waals surface area contributed by atoms with Crippen LogP contribution >= 0.6 is 0 Å². The van der Waals surface area contributed by atoms with E-state index in [9.17, 15) is 0 Å². The molecular weight excluding hydrogens is 120 g/mol. The van der Waals surface area contributed by atoms with E-state index in [1.807, 2.05) is 0 Å². The van der Waals surface area contributed by atoms with Crippen molar-refractivity contribution in [2.75, 3.05) is 19.4 Å². The van der Waals surface area contributed by atoms with E-state index in [1.54, 1.807) is 0 Å². The third-order valence-corrected chi connectivity index (χ3v) is 1.59. The third-order valence-electron chi connectivity index (χ3n) is 1.59. The predicted molar refractivity (Wildman–Crippen MR) is 53.0 cm³/mol. The molecule has 0 N–H and O–H groups in total. The molecular formula is C7H19B2N. The quantitative estimate of drug-likeness (QED) is 0.477. The maximum atomic E-state index is 2.46. The number of nitrogens with zero attached hydrogens (tertiary/aromatic N) is 1. The average molecular weight is 139 g/mol. The van der Waals surface area contributed by atoms with E-state index < -0.39 is 0 Å². The van der Waals surface area contributed by atoms with E-state index in [-0.39, 0.29) is 0 Å². The first-order valence-electron chi connectivity index (χ1n) is 4.22. The monoisotopic (exact) mass is 139 g/mol. The van der Waals surface area contributed by atoms with Gasteiger partial charge in [0, 0.05) is 6.54 Å². The molecule has 0 aliphatic carbocycles. The van der Waals surface area contributed by atoms with E-state index >= 15 is 0 Å². The van der Waals surface area contributed by atoms with Gasteiger partial charge in [-0.15, -0.1) is 0 Å². The molecule has 0 fully saturated rings. The van der Waals surface area contributed by atoms with Gasteiger partial charge in [-0.1, -0.05) is 20.8 Å². The van der Waals surface area contributed by atoms with Gasteiger partial charge in [-0.25, -0.2) is 0 Å². The SMILES string of the molecule is BCN(CB)CC(C)(C)C. The van der Waals surface area contributed by atoms with E-state index in [0.717, 1.165) is 0 Å². The number of rotatable bonds is 3. The van der Waals surface area contributed by atoms with Crippen molar-refractivity contribution in [2.24, 2.45) is 5.41 Å². The molecule has 0 aromatic heterocycles. The summed E-state index contributed by atoms with van der Waals surface area (Å²) in [5.74, 6) is 0. The van der Waals surface area contributed by atoms with Crippen LogP contribution in [0.2, 0.25) is 0 Å². The lowest BCUT2D eigenvalue weighted by Crippen LogP contribution is -2.34. The summed E-state index contributed by atoms with van der Waals surface area (Å²) in [5.41, 5.74) is 0.450. The highest BCUT2D eigenvalue weighted by Gasteiger charge is 2.12. The minimum atomic E-state index is 0.450. The fourth-order valence-corrected chi connectivity index (χ4v) is 1.12. The number of hydrogen-bond donors (Lipinski definition) is 0. The average Bonchev–Trinajstić information content (AvgIpc) is 1.81. The molecule has 0 unspecified atom stereocenters. The Hall–Kier alpha value is 0.0899. The molecule has 0 atom stereocenters. The highest BCUT2D eigenvalue weighted by atomic mass is 15.1. The van der Waals surface area contributed by atoms with Gasteiger partial charge in [0.15, 0.2) is 0 Å². The van der Waals surface area contributed by atoms with E-state index in [4.69, 9.17) is 0 Å².